The van der Waals surface area contributed by atoms with Gasteiger partial charge in [0.1, 0.15) is 0 Å². The number of rotatable bonds is 3. The molecule has 1 saturated carbocycles. The molecule has 2 unspecified atom stereocenters. The first-order valence-electron chi connectivity index (χ1n) is 6.83. The van der Waals surface area contributed by atoms with Gasteiger partial charge >= 0.3 is 0 Å². The minimum atomic E-state index is 0.716. The molecule has 0 radical (unpaired) electrons. The summed E-state index contributed by atoms with van der Waals surface area (Å²) in [6.07, 6.45) is 4.17. The molecule has 1 saturated heterocycles. The Morgan fingerprint density at radius 2 is 2.29 bits per heavy atom. The molecule has 0 bridgehead atoms. The van der Waals surface area contributed by atoms with Crippen LogP contribution < -0.4 is 5.32 Å². The molecule has 0 aromatic carbocycles. The highest BCUT2D eigenvalue weighted by atomic mass is 32.1. The van der Waals surface area contributed by atoms with Crippen LogP contribution in [-0.2, 0) is 6.54 Å². The van der Waals surface area contributed by atoms with Crippen molar-refractivity contribution in [3.05, 3.63) is 22.4 Å². The molecule has 1 aliphatic carbocycles. The Morgan fingerprint density at radius 3 is 3.00 bits per heavy atom. The molecule has 0 amide bonds. The van der Waals surface area contributed by atoms with Crippen molar-refractivity contribution < 1.29 is 0 Å². The summed E-state index contributed by atoms with van der Waals surface area (Å²) in [5.41, 5.74) is 0. The van der Waals surface area contributed by atoms with Crippen molar-refractivity contribution in [2.75, 3.05) is 13.1 Å². The van der Waals surface area contributed by atoms with Crippen LogP contribution in [0.25, 0.3) is 0 Å². The third-order valence-electron chi connectivity index (χ3n) is 4.15. The van der Waals surface area contributed by atoms with Crippen molar-refractivity contribution >= 4 is 11.3 Å². The summed E-state index contributed by atoms with van der Waals surface area (Å²) < 4.78 is 0. The molecular weight excluding hydrogens is 228 g/mol. The maximum absolute atomic E-state index is 3.75. The van der Waals surface area contributed by atoms with Gasteiger partial charge in [-0.3, -0.25) is 4.90 Å². The van der Waals surface area contributed by atoms with Crippen LogP contribution in [0.3, 0.4) is 0 Å². The van der Waals surface area contributed by atoms with Crippen LogP contribution in [0.1, 0.15) is 31.1 Å². The van der Waals surface area contributed by atoms with Gasteiger partial charge in [-0.1, -0.05) is 6.07 Å². The summed E-state index contributed by atoms with van der Waals surface area (Å²) in [5, 5.41) is 5.93. The molecular formula is C14H22N2S. The van der Waals surface area contributed by atoms with Gasteiger partial charge in [-0.2, -0.15) is 0 Å². The van der Waals surface area contributed by atoms with Crippen LogP contribution in [0.5, 0.6) is 0 Å². The first-order valence-corrected chi connectivity index (χ1v) is 7.70. The van der Waals surface area contributed by atoms with E-state index in [4.69, 9.17) is 0 Å². The second-order valence-electron chi connectivity index (χ2n) is 5.54. The number of nitrogens with one attached hydrogen (secondary N) is 1. The molecule has 1 aromatic heterocycles. The molecule has 1 N–H and O–H groups in total. The van der Waals surface area contributed by atoms with E-state index in [2.05, 4.69) is 34.7 Å². The summed E-state index contributed by atoms with van der Waals surface area (Å²) in [5.74, 6) is 0.964. The Kier molecular flexibility index (Phi) is 3.50. The maximum atomic E-state index is 3.75. The highest BCUT2D eigenvalue weighted by molar-refractivity contribution is 7.09. The van der Waals surface area contributed by atoms with Gasteiger partial charge in [0, 0.05) is 30.1 Å². The van der Waals surface area contributed by atoms with Crippen molar-refractivity contribution in [1.82, 2.24) is 10.2 Å². The fourth-order valence-electron chi connectivity index (χ4n) is 2.79. The molecule has 3 heteroatoms. The quantitative estimate of drug-likeness (QED) is 0.887. The summed E-state index contributed by atoms with van der Waals surface area (Å²) in [6, 6.07) is 5.90. The SMILES string of the molecule is CC1CCNC(C2CC2)CN1Cc1cccs1. The van der Waals surface area contributed by atoms with Crippen LogP contribution >= 0.6 is 11.3 Å². The van der Waals surface area contributed by atoms with E-state index >= 15 is 0 Å². The van der Waals surface area contributed by atoms with Crippen LogP contribution in [-0.4, -0.2) is 30.1 Å². The van der Waals surface area contributed by atoms with E-state index in [0.717, 1.165) is 18.5 Å². The van der Waals surface area contributed by atoms with E-state index in [9.17, 15) is 0 Å². The van der Waals surface area contributed by atoms with Gasteiger partial charge < -0.3 is 5.32 Å². The van der Waals surface area contributed by atoms with Crippen LogP contribution in [0.15, 0.2) is 17.5 Å². The lowest BCUT2D eigenvalue weighted by atomic mass is 10.1. The molecule has 94 valence electrons. The van der Waals surface area contributed by atoms with Gasteiger partial charge in [0.25, 0.3) is 0 Å². The van der Waals surface area contributed by atoms with Gasteiger partial charge in [-0.05, 0) is 50.1 Å². The largest absolute Gasteiger partial charge is 0.312 e. The average molecular weight is 250 g/mol. The Hall–Kier alpha value is -0.380. The van der Waals surface area contributed by atoms with Gasteiger partial charge in [0.05, 0.1) is 0 Å². The van der Waals surface area contributed by atoms with E-state index in [1.54, 1.807) is 0 Å². The predicted octanol–water partition coefficient (Wildman–Crippen LogP) is 2.71. The maximum Gasteiger partial charge on any atom is 0.0331 e. The highest BCUT2D eigenvalue weighted by Crippen LogP contribution is 2.34. The molecule has 2 fully saturated rings. The first kappa shape index (κ1) is 11.7. The lowest BCUT2D eigenvalue weighted by Crippen LogP contribution is -2.40. The standard InChI is InChI=1S/C14H22N2S/c1-11-6-7-15-14(12-4-5-12)10-16(11)9-13-3-2-8-17-13/h2-3,8,11-12,14-15H,4-7,9-10H2,1H3. The third-order valence-corrected chi connectivity index (χ3v) is 5.01. The van der Waals surface area contributed by atoms with E-state index in [0.29, 0.717) is 6.04 Å². The van der Waals surface area contributed by atoms with Crippen LogP contribution in [0, 0.1) is 5.92 Å². The number of nitrogens with zero attached hydrogens (tertiary/aromatic N) is 1. The summed E-state index contributed by atoms with van der Waals surface area (Å²) >= 11 is 1.89. The lowest BCUT2D eigenvalue weighted by molar-refractivity contribution is 0.192. The molecule has 17 heavy (non-hydrogen) atoms. The van der Waals surface area contributed by atoms with Crippen molar-refractivity contribution in [3.63, 3.8) is 0 Å². The monoisotopic (exact) mass is 250 g/mol. The van der Waals surface area contributed by atoms with Crippen LogP contribution in [0.4, 0.5) is 0 Å². The topological polar surface area (TPSA) is 15.3 Å². The Labute approximate surface area is 108 Å². The number of hydrogen-bond acceptors (Lipinski definition) is 3. The van der Waals surface area contributed by atoms with Crippen LogP contribution in [0.2, 0.25) is 0 Å². The van der Waals surface area contributed by atoms with E-state index in [-0.39, 0.29) is 0 Å². The zero-order valence-corrected chi connectivity index (χ0v) is 11.4. The van der Waals surface area contributed by atoms with E-state index in [1.165, 1.54) is 37.2 Å². The predicted molar refractivity (Wildman–Crippen MR) is 73.3 cm³/mol. The van der Waals surface area contributed by atoms with Gasteiger partial charge in [0.15, 0.2) is 0 Å². The highest BCUT2D eigenvalue weighted by Gasteiger charge is 2.34. The van der Waals surface area contributed by atoms with E-state index in [1.807, 2.05) is 11.3 Å². The van der Waals surface area contributed by atoms with Crippen molar-refractivity contribution in [1.29, 1.82) is 0 Å². The minimum absolute atomic E-state index is 0.716. The Bertz CT molecular complexity index is 345. The average Bonchev–Trinajstić information content (AvgIpc) is 3.06. The molecule has 2 heterocycles. The molecule has 2 nitrogen and oxygen atoms in total. The van der Waals surface area contributed by atoms with E-state index < -0.39 is 0 Å². The lowest BCUT2D eigenvalue weighted by Gasteiger charge is -2.28. The normalized spacial score (nSPS) is 31.4. The zero-order valence-electron chi connectivity index (χ0n) is 10.6. The van der Waals surface area contributed by atoms with Gasteiger partial charge in [0.2, 0.25) is 0 Å². The second-order valence-corrected chi connectivity index (χ2v) is 6.58. The number of hydrogen-bond donors (Lipinski definition) is 1. The van der Waals surface area contributed by atoms with Gasteiger partial charge in [-0.15, -0.1) is 11.3 Å². The Morgan fingerprint density at radius 1 is 1.41 bits per heavy atom. The minimum Gasteiger partial charge on any atom is -0.312 e. The summed E-state index contributed by atoms with van der Waals surface area (Å²) in [6.45, 7) is 5.96. The van der Waals surface area contributed by atoms with Crippen molar-refractivity contribution in [2.45, 2.75) is 44.8 Å². The molecule has 3 rings (SSSR count). The smallest absolute Gasteiger partial charge is 0.0331 e. The van der Waals surface area contributed by atoms with Gasteiger partial charge in [-0.25, -0.2) is 0 Å². The fraction of sp³-hybridized carbons (Fsp3) is 0.714. The molecule has 2 aliphatic rings. The fourth-order valence-corrected chi connectivity index (χ4v) is 3.52. The third kappa shape index (κ3) is 2.90. The van der Waals surface area contributed by atoms with Crippen molar-refractivity contribution in [3.8, 4) is 0 Å². The zero-order chi connectivity index (χ0) is 11.7. The Balaban J connectivity index is 1.66. The summed E-state index contributed by atoms with van der Waals surface area (Å²) in [7, 11) is 0. The first-order chi connectivity index (χ1) is 8.33. The molecule has 0 spiro atoms. The number of thiophene rings is 1. The summed E-state index contributed by atoms with van der Waals surface area (Å²) in [4.78, 5) is 4.18. The van der Waals surface area contributed by atoms with Crippen molar-refractivity contribution in [2.24, 2.45) is 5.92 Å². The molecule has 1 aliphatic heterocycles. The molecule has 2 atom stereocenters. The molecule has 1 aromatic rings. The second kappa shape index (κ2) is 5.09.